The van der Waals surface area contributed by atoms with Crippen LogP contribution in [0, 0.1) is 11.2 Å². The normalized spacial score (nSPS) is 32.5. The molecule has 142 valence electrons. The molecule has 0 bridgehead atoms. The number of aliphatic hydroxyl groups excluding tert-OH is 1. The third-order valence-electron chi connectivity index (χ3n) is 6.50. The minimum atomic E-state index is -0.400. The second-order valence-electron chi connectivity index (χ2n) is 8.09. The van der Waals surface area contributed by atoms with E-state index in [0.29, 0.717) is 12.2 Å². The highest BCUT2D eigenvalue weighted by atomic mass is 35.5. The van der Waals surface area contributed by atoms with Crippen molar-refractivity contribution < 1.29 is 14.3 Å². The predicted molar refractivity (Wildman–Crippen MR) is 99.9 cm³/mol. The van der Waals surface area contributed by atoms with E-state index < -0.39 is 11.2 Å². The lowest BCUT2D eigenvalue weighted by molar-refractivity contribution is -0.139. The number of anilines is 1. The maximum absolute atomic E-state index is 14.5. The Bertz CT molecular complexity index is 692. The molecule has 2 aliphatic heterocycles. The number of likely N-dealkylation sites (tertiary alicyclic amines) is 1. The molecule has 2 saturated heterocycles. The molecular weight excluding hydrogens is 355 g/mol. The average molecular weight is 381 g/mol. The van der Waals surface area contributed by atoms with E-state index in [4.69, 9.17) is 11.6 Å². The van der Waals surface area contributed by atoms with Crippen LogP contribution in [0.4, 0.5) is 10.1 Å². The summed E-state index contributed by atoms with van der Waals surface area (Å²) < 4.78 is 14.5. The van der Waals surface area contributed by atoms with Gasteiger partial charge in [-0.3, -0.25) is 4.79 Å². The van der Waals surface area contributed by atoms with Crippen LogP contribution in [0.25, 0.3) is 0 Å². The minimum Gasteiger partial charge on any atom is -0.393 e. The molecule has 2 heterocycles. The van der Waals surface area contributed by atoms with Crippen LogP contribution in [0.2, 0.25) is 5.02 Å². The Balaban J connectivity index is 1.52. The number of carbonyl (C=O) groups excluding carboxylic acids is 1. The van der Waals surface area contributed by atoms with Crippen LogP contribution in [-0.2, 0) is 4.79 Å². The van der Waals surface area contributed by atoms with E-state index in [1.165, 1.54) is 0 Å². The van der Waals surface area contributed by atoms with Crippen molar-refractivity contribution in [1.82, 2.24) is 4.90 Å². The molecule has 1 aromatic rings. The van der Waals surface area contributed by atoms with Gasteiger partial charge in [0.2, 0.25) is 5.91 Å². The van der Waals surface area contributed by atoms with Crippen molar-refractivity contribution in [1.29, 1.82) is 0 Å². The zero-order valence-electron chi connectivity index (χ0n) is 15.0. The molecule has 3 fully saturated rings. The fourth-order valence-corrected chi connectivity index (χ4v) is 5.19. The van der Waals surface area contributed by atoms with Crippen LogP contribution in [0.1, 0.15) is 44.9 Å². The largest absolute Gasteiger partial charge is 0.393 e. The summed E-state index contributed by atoms with van der Waals surface area (Å²) in [6.45, 7) is 2.10. The number of aliphatic hydroxyl groups is 1. The van der Waals surface area contributed by atoms with Crippen LogP contribution in [0.15, 0.2) is 18.2 Å². The van der Waals surface area contributed by atoms with E-state index in [2.05, 4.69) is 0 Å². The second-order valence-corrected chi connectivity index (χ2v) is 8.50. The summed E-state index contributed by atoms with van der Waals surface area (Å²) >= 11 is 5.95. The number of hydrogen-bond acceptors (Lipinski definition) is 3. The third kappa shape index (κ3) is 3.09. The lowest BCUT2D eigenvalue weighted by Crippen LogP contribution is -2.50. The van der Waals surface area contributed by atoms with Crippen molar-refractivity contribution in [3.8, 4) is 0 Å². The number of carbonyl (C=O) groups is 1. The molecule has 1 atom stereocenters. The van der Waals surface area contributed by atoms with Crippen molar-refractivity contribution in [3.63, 3.8) is 0 Å². The molecule has 0 radical (unpaired) electrons. The standard InChI is InChI=1S/C20H26ClFN2O2/c21-16-3-1-4-17(18(16)22)23-11-2-9-20(13-23)10-12-24(19(20)26)14-5-7-15(25)8-6-14/h1,3-4,14-15,25H,2,5-13H2/t14?,15?,20-/m0/s1. The number of benzene rings is 1. The van der Waals surface area contributed by atoms with E-state index in [-0.39, 0.29) is 23.1 Å². The maximum atomic E-state index is 14.5. The first-order chi connectivity index (χ1) is 12.5. The summed E-state index contributed by atoms with van der Waals surface area (Å²) in [5.74, 6) is -0.166. The molecule has 1 amide bonds. The molecule has 4 rings (SSSR count). The Kier molecular flexibility index (Phi) is 4.86. The molecule has 4 nitrogen and oxygen atoms in total. The second kappa shape index (κ2) is 7.01. The lowest BCUT2D eigenvalue weighted by atomic mass is 9.78. The molecule has 1 spiro atoms. The summed E-state index contributed by atoms with van der Waals surface area (Å²) in [5, 5.41) is 9.86. The molecule has 26 heavy (non-hydrogen) atoms. The van der Waals surface area contributed by atoms with Gasteiger partial charge in [-0.1, -0.05) is 17.7 Å². The van der Waals surface area contributed by atoms with E-state index in [9.17, 15) is 14.3 Å². The summed E-state index contributed by atoms with van der Waals surface area (Å²) in [5.41, 5.74) is 0.104. The maximum Gasteiger partial charge on any atom is 0.230 e. The summed E-state index contributed by atoms with van der Waals surface area (Å²) in [6, 6.07) is 5.32. The van der Waals surface area contributed by atoms with Gasteiger partial charge in [-0.2, -0.15) is 0 Å². The van der Waals surface area contributed by atoms with Crippen molar-refractivity contribution in [2.24, 2.45) is 5.41 Å². The molecule has 0 unspecified atom stereocenters. The summed E-state index contributed by atoms with van der Waals surface area (Å²) in [6.07, 6.45) is 5.71. The molecular formula is C20H26ClFN2O2. The number of piperidine rings is 1. The SMILES string of the molecule is O=C1N(C2CCC(O)CC2)CC[C@]12CCCN(c1cccc(Cl)c1F)C2. The quantitative estimate of drug-likeness (QED) is 0.852. The van der Waals surface area contributed by atoms with Crippen molar-refractivity contribution in [2.45, 2.75) is 57.1 Å². The van der Waals surface area contributed by atoms with Gasteiger partial charge in [0.1, 0.15) is 0 Å². The molecule has 1 aliphatic carbocycles. The minimum absolute atomic E-state index is 0.127. The van der Waals surface area contributed by atoms with E-state index in [1.54, 1.807) is 18.2 Å². The van der Waals surface area contributed by atoms with Gasteiger partial charge in [-0.15, -0.1) is 0 Å². The monoisotopic (exact) mass is 380 g/mol. The van der Waals surface area contributed by atoms with Gasteiger partial charge in [0, 0.05) is 25.7 Å². The number of halogens is 2. The highest BCUT2D eigenvalue weighted by Crippen LogP contribution is 2.44. The fourth-order valence-electron chi connectivity index (χ4n) is 5.02. The number of amides is 1. The molecule has 1 N–H and O–H groups in total. The van der Waals surface area contributed by atoms with Gasteiger partial charge in [0.05, 0.1) is 22.2 Å². The first-order valence-electron chi connectivity index (χ1n) is 9.68. The molecule has 0 aromatic heterocycles. The third-order valence-corrected chi connectivity index (χ3v) is 6.79. The predicted octanol–water partition coefficient (Wildman–Crippen LogP) is 3.60. The van der Waals surface area contributed by atoms with Crippen LogP contribution in [-0.4, -0.2) is 47.7 Å². The number of rotatable bonds is 2. The highest BCUT2D eigenvalue weighted by Gasteiger charge is 2.50. The van der Waals surface area contributed by atoms with Crippen LogP contribution in [0.5, 0.6) is 0 Å². The number of nitrogens with zero attached hydrogens (tertiary/aromatic N) is 2. The van der Waals surface area contributed by atoms with Gasteiger partial charge in [-0.25, -0.2) is 4.39 Å². The smallest absolute Gasteiger partial charge is 0.230 e. The van der Waals surface area contributed by atoms with E-state index in [1.807, 2.05) is 9.80 Å². The zero-order valence-corrected chi connectivity index (χ0v) is 15.7. The molecule has 1 aromatic carbocycles. The first kappa shape index (κ1) is 18.1. The van der Waals surface area contributed by atoms with Gasteiger partial charge in [-0.05, 0) is 57.1 Å². The Hall–Kier alpha value is -1.33. The fraction of sp³-hybridized carbons (Fsp3) is 0.650. The van der Waals surface area contributed by atoms with Gasteiger partial charge in [0.15, 0.2) is 5.82 Å². The van der Waals surface area contributed by atoms with Crippen LogP contribution >= 0.6 is 11.6 Å². The lowest BCUT2D eigenvalue weighted by Gasteiger charge is -2.41. The summed E-state index contributed by atoms with van der Waals surface area (Å²) in [4.78, 5) is 17.4. The molecule has 6 heteroatoms. The van der Waals surface area contributed by atoms with Crippen molar-refractivity contribution in [3.05, 3.63) is 29.0 Å². The van der Waals surface area contributed by atoms with E-state index in [0.717, 1.165) is 58.0 Å². The Morgan fingerprint density at radius 3 is 2.69 bits per heavy atom. The Morgan fingerprint density at radius 1 is 1.15 bits per heavy atom. The highest BCUT2D eigenvalue weighted by molar-refractivity contribution is 6.31. The van der Waals surface area contributed by atoms with Crippen molar-refractivity contribution in [2.75, 3.05) is 24.5 Å². The first-order valence-corrected chi connectivity index (χ1v) is 10.1. The Labute approximate surface area is 158 Å². The van der Waals surface area contributed by atoms with Gasteiger partial charge >= 0.3 is 0 Å². The Morgan fingerprint density at radius 2 is 1.92 bits per heavy atom. The molecule has 3 aliphatic rings. The number of hydrogen-bond donors (Lipinski definition) is 1. The zero-order chi connectivity index (χ0) is 18.3. The summed E-state index contributed by atoms with van der Waals surface area (Å²) in [7, 11) is 0. The van der Waals surface area contributed by atoms with Crippen LogP contribution in [0.3, 0.4) is 0 Å². The topological polar surface area (TPSA) is 43.8 Å². The van der Waals surface area contributed by atoms with Gasteiger partial charge in [0.25, 0.3) is 0 Å². The van der Waals surface area contributed by atoms with E-state index >= 15 is 0 Å². The average Bonchev–Trinajstić information content (AvgIpc) is 2.94. The molecule has 1 saturated carbocycles. The van der Waals surface area contributed by atoms with Crippen molar-refractivity contribution >= 4 is 23.2 Å². The van der Waals surface area contributed by atoms with Crippen LogP contribution < -0.4 is 4.90 Å². The van der Waals surface area contributed by atoms with Gasteiger partial charge < -0.3 is 14.9 Å².